The minimum Gasteiger partial charge on any atom is -0.311 e. The third-order valence-electron chi connectivity index (χ3n) is 4.18. The third kappa shape index (κ3) is 2.88. The van der Waals surface area contributed by atoms with Gasteiger partial charge in [-0.1, -0.05) is 0 Å². The van der Waals surface area contributed by atoms with E-state index in [1.807, 2.05) is 20.2 Å². The first kappa shape index (κ1) is 14.3. The van der Waals surface area contributed by atoms with Crippen LogP contribution in [0.1, 0.15) is 43.1 Å². The van der Waals surface area contributed by atoms with E-state index in [1.54, 1.807) is 10.7 Å². The molecule has 5 nitrogen and oxygen atoms in total. The Kier molecular flexibility index (Phi) is 3.61. The molecule has 3 rings (SSSR count). The maximum atomic E-state index is 13.3. The van der Waals surface area contributed by atoms with Gasteiger partial charge in [-0.05, 0) is 32.7 Å². The highest BCUT2D eigenvalue weighted by Gasteiger charge is 2.38. The van der Waals surface area contributed by atoms with Crippen molar-refractivity contribution in [2.75, 3.05) is 7.05 Å². The van der Waals surface area contributed by atoms with Crippen molar-refractivity contribution in [3.8, 4) is 0 Å². The molecule has 0 aromatic carbocycles. The fraction of sp³-hybridized carbons (Fsp3) is 0.643. The van der Waals surface area contributed by atoms with Gasteiger partial charge in [0.25, 0.3) is 5.78 Å². The number of nitrogens with one attached hydrogen (secondary N) is 1. The van der Waals surface area contributed by atoms with Crippen LogP contribution in [0.4, 0.5) is 8.78 Å². The van der Waals surface area contributed by atoms with Crippen molar-refractivity contribution >= 4 is 5.78 Å². The number of nitrogens with zero attached hydrogens (tertiary/aromatic N) is 4. The van der Waals surface area contributed by atoms with E-state index in [4.69, 9.17) is 0 Å². The van der Waals surface area contributed by atoms with E-state index in [2.05, 4.69) is 20.4 Å². The SMILES string of the molecule is CNC(c1cn2nc(C)cnc2n1)C1CCC(F)(F)CC1. The standard InChI is InChI=1S/C14H19F2N5/c1-9-7-18-13-19-11(8-21(13)20-9)12(17-2)10-3-5-14(15,16)6-4-10/h7-8,10,12,17H,3-6H2,1-2H3. The van der Waals surface area contributed by atoms with E-state index < -0.39 is 5.92 Å². The zero-order chi connectivity index (χ0) is 15.0. The highest BCUT2D eigenvalue weighted by atomic mass is 19.3. The molecule has 0 saturated heterocycles. The number of imidazole rings is 1. The van der Waals surface area contributed by atoms with Crippen molar-refractivity contribution < 1.29 is 8.78 Å². The van der Waals surface area contributed by atoms with Gasteiger partial charge in [0.1, 0.15) is 0 Å². The Hall–Kier alpha value is -1.63. The summed E-state index contributed by atoms with van der Waals surface area (Å²) >= 11 is 0. The molecular formula is C14H19F2N5. The summed E-state index contributed by atoms with van der Waals surface area (Å²) in [6.07, 6.45) is 4.43. The second kappa shape index (κ2) is 5.29. The van der Waals surface area contributed by atoms with Gasteiger partial charge < -0.3 is 5.32 Å². The first-order valence-electron chi connectivity index (χ1n) is 7.22. The molecule has 1 fully saturated rings. The predicted octanol–water partition coefficient (Wildman–Crippen LogP) is 2.52. The van der Waals surface area contributed by atoms with Crippen LogP contribution in [0, 0.1) is 12.8 Å². The molecule has 2 aromatic heterocycles. The Bertz CT molecular complexity index is 629. The van der Waals surface area contributed by atoms with Crippen LogP contribution in [0.25, 0.3) is 5.78 Å². The van der Waals surface area contributed by atoms with Gasteiger partial charge in [-0.3, -0.25) is 0 Å². The van der Waals surface area contributed by atoms with Crippen molar-refractivity contribution in [3.63, 3.8) is 0 Å². The van der Waals surface area contributed by atoms with Gasteiger partial charge in [-0.25, -0.2) is 23.3 Å². The van der Waals surface area contributed by atoms with E-state index in [0.29, 0.717) is 18.6 Å². The summed E-state index contributed by atoms with van der Waals surface area (Å²) in [6.45, 7) is 1.87. The van der Waals surface area contributed by atoms with Crippen molar-refractivity contribution in [3.05, 3.63) is 23.8 Å². The first-order valence-corrected chi connectivity index (χ1v) is 7.22. The Morgan fingerprint density at radius 3 is 2.76 bits per heavy atom. The largest absolute Gasteiger partial charge is 0.311 e. The maximum absolute atomic E-state index is 13.3. The number of aromatic nitrogens is 4. The second-order valence-electron chi connectivity index (χ2n) is 5.77. The molecule has 2 aromatic rings. The normalized spacial score (nSPS) is 20.8. The average Bonchev–Trinajstić information content (AvgIpc) is 2.84. The van der Waals surface area contributed by atoms with Gasteiger partial charge in [0, 0.05) is 12.8 Å². The molecule has 1 aliphatic carbocycles. The van der Waals surface area contributed by atoms with Gasteiger partial charge >= 0.3 is 0 Å². The summed E-state index contributed by atoms with van der Waals surface area (Å²) in [5.74, 6) is -1.80. The zero-order valence-electron chi connectivity index (χ0n) is 12.2. The molecule has 1 N–H and O–H groups in total. The fourth-order valence-corrected chi connectivity index (χ4v) is 3.06. The van der Waals surface area contributed by atoms with Crippen molar-refractivity contribution in [2.24, 2.45) is 5.92 Å². The molecule has 1 aliphatic rings. The van der Waals surface area contributed by atoms with Crippen LogP contribution in [0.3, 0.4) is 0 Å². The van der Waals surface area contributed by atoms with E-state index in [-0.39, 0.29) is 24.8 Å². The number of aryl methyl sites for hydroxylation is 1. The van der Waals surface area contributed by atoms with Crippen molar-refractivity contribution in [2.45, 2.75) is 44.6 Å². The summed E-state index contributed by atoms with van der Waals surface area (Å²) in [6, 6.07) is -0.0371. The van der Waals surface area contributed by atoms with Crippen LogP contribution in [0.2, 0.25) is 0 Å². The minimum absolute atomic E-state index is 0.0371. The van der Waals surface area contributed by atoms with E-state index in [9.17, 15) is 8.78 Å². The van der Waals surface area contributed by atoms with Gasteiger partial charge in [0.2, 0.25) is 5.92 Å². The number of alkyl halides is 2. The van der Waals surface area contributed by atoms with Gasteiger partial charge in [-0.2, -0.15) is 5.10 Å². The molecule has 0 bridgehead atoms. The summed E-state index contributed by atoms with van der Waals surface area (Å²) in [4.78, 5) is 8.70. The number of rotatable bonds is 3. The predicted molar refractivity (Wildman–Crippen MR) is 74.2 cm³/mol. The lowest BCUT2D eigenvalue weighted by molar-refractivity contribution is -0.0496. The van der Waals surface area contributed by atoms with Crippen LogP contribution in [-0.4, -0.2) is 32.6 Å². The van der Waals surface area contributed by atoms with E-state index >= 15 is 0 Å². The molecular weight excluding hydrogens is 276 g/mol. The summed E-state index contributed by atoms with van der Waals surface area (Å²) in [5, 5.41) is 7.54. The molecule has 7 heteroatoms. The molecule has 0 spiro atoms. The third-order valence-corrected chi connectivity index (χ3v) is 4.18. The molecule has 1 saturated carbocycles. The Balaban J connectivity index is 1.84. The summed E-state index contributed by atoms with van der Waals surface area (Å²) in [7, 11) is 1.84. The highest BCUT2D eigenvalue weighted by Crippen LogP contribution is 2.40. The topological polar surface area (TPSA) is 55.1 Å². The molecule has 21 heavy (non-hydrogen) atoms. The van der Waals surface area contributed by atoms with E-state index in [1.165, 1.54) is 0 Å². The smallest absolute Gasteiger partial charge is 0.250 e. The molecule has 0 radical (unpaired) electrons. The Morgan fingerprint density at radius 2 is 2.10 bits per heavy atom. The van der Waals surface area contributed by atoms with Crippen LogP contribution >= 0.6 is 0 Å². The summed E-state index contributed by atoms with van der Waals surface area (Å²) in [5.41, 5.74) is 1.63. The molecule has 1 unspecified atom stereocenters. The highest BCUT2D eigenvalue weighted by molar-refractivity contribution is 5.29. The molecule has 2 heterocycles. The van der Waals surface area contributed by atoms with Crippen LogP contribution in [0.5, 0.6) is 0 Å². The quantitative estimate of drug-likeness (QED) is 0.945. The molecule has 114 valence electrons. The molecule has 0 amide bonds. The van der Waals surface area contributed by atoms with Gasteiger partial charge in [0.05, 0.1) is 29.8 Å². The van der Waals surface area contributed by atoms with E-state index in [0.717, 1.165) is 11.4 Å². The number of hydrogen-bond acceptors (Lipinski definition) is 4. The summed E-state index contributed by atoms with van der Waals surface area (Å²) < 4.78 is 28.2. The fourth-order valence-electron chi connectivity index (χ4n) is 3.06. The maximum Gasteiger partial charge on any atom is 0.250 e. The monoisotopic (exact) mass is 295 g/mol. The van der Waals surface area contributed by atoms with Gasteiger partial charge in [0.15, 0.2) is 0 Å². The Labute approximate surface area is 121 Å². The lowest BCUT2D eigenvalue weighted by Gasteiger charge is -2.32. The average molecular weight is 295 g/mol. The van der Waals surface area contributed by atoms with Crippen LogP contribution in [0.15, 0.2) is 12.4 Å². The lowest BCUT2D eigenvalue weighted by atomic mass is 9.81. The number of halogens is 2. The second-order valence-corrected chi connectivity index (χ2v) is 5.77. The first-order chi connectivity index (χ1) is 9.98. The van der Waals surface area contributed by atoms with Crippen molar-refractivity contribution in [1.82, 2.24) is 24.9 Å². The molecule has 0 aliphatic heterocycles. The van der Waals surface area contributed by atoms with Crippen molar-refractivity contribution in [1.29, 1.82) is 0 Å². The number of fused-ring (bicyclic) bond motifs is 1. The zero-order valence-corrected chi connectivity index (χ0v) is 12.2. The van der Waals surface area contributed by atoms with Crippen LogP contribution in [-0.2, 0) is 0 Å². The number of hydrogen-bond donors (Lipinski definition) is 1. The minimum atomic E-state index is -2.51. The molecule has 1 atom stereocenters. The van der Waals surface area contributed by atoms with Crippen LogP contribution < -0.4 is 5.32 Å². The van der Waals surface area contributed by atoms with Gasteiger partial charge in [-0.15, -0.1) is 0 Å². The Morgan fingerprint density at radius 1 is 1.38 bits per heavy atom. The lowest BCUT2D eigenvalue weighted by Crippen LogP contribution is -2.32.